The van der Waals surface area contributed by atoms with Crippen molar-refractivity contribution in [1.29, 1.82) is 0 Å². The van der Waals surface area contributed by atoms with Gasteiger partial charge in [-0.05, 0) is 56.5 Å². The van der Waals surface area contributed by atoms with Gasteiger partial charge in [0, 0.05) is 42.7 Å². The van der Waals surface area contributed by atoms with Crippen LogP contribution in [0, 0.1) is 17.6 Å². The molecule has 11 heteroatoms. The van der Waals surface area contributed by atoms with Crippen LogP contribution in [0.1, 0.15) is 50.2 Å². The van der Waals surface area contributed by atoms with E-state index < -0.39 is 28.8 Å². The van der Waals surface area contributed by atoms with Crippen LogP contribution in [0.5, 0.6) is 0 Å². The van der Waals surface area contributed by atoms with E-state index in [0.717, 1.165) is 24.6 Å². The number of aliphatic imine (C=N–C) groups is 1. The number of hydrogen-bond acceptors (Lipinski definition) is 7. The Morgan fingerprint density at radius 1 is 1.15 bits per heavy atom. The third-order valence-corrected chi connectivity index (χ3v) is 7.08. The second kappa shape index (κ2) is 10.9. The maximum atomic E-state index is 14.4. The number of halogens is 2. The fraction of sp³-hybridized carbons (Fsp3) is 0.357. The van der Waals surface area contributed by atoms with Gasteiger partial charge in [0.15, 0.2) is 11.6 Å². The molecule has 2 atom stereocenters. The Morgan fingerprint density at radius 2 is 1.85 bits per heavy atom. The molecule has 0 bridgehead atoms. The molecule has 1 aromatic heterocycles. The molecule has 0 unspecified atom stereocenters. The third kappa shape index (κ3) is 5.83. The zero-order valence-electron chi connectivity index (χ0n) is 22.4. The molecule has 1 amide bonds. The van der Waals surface area contributed by atoms with E-state index in [2.05, 4.69) is 22.2 Å². The summed E-state index contributed by atoms with van der Waals surface area (Å²) < 4.78 is 29.3. The summed E-state index contributed by atoms with van der Waals surface area (Å²) in [4.78, 5) is 32.5. The summed E-state index contributed by atoms with van der Waals surface area (Å²) in [6, 6.07) is 8.68. The summed E-state index contributed by atoms with van der Waals surface area (Å²) in [6.07, 6.45) is 2.53. The minimum Gasteiger partial charge on any atom is -0.398 e. The Labute approximate surface area is 225 Å². The molecule has 0 radical (unpaired) electrons. The number of nitrogens with one attached hydrogen (secondary N) is 1. The molecule has 0 aliphatic carbocycles. The zero-order valence-corrected chi connectivity index (χ0v) is 22.4. The number of nitrogen functional groups attached to an aromatic ring is 1. The van der Waals surface area contributed by atoms with E-state index in [9.17, 15) is 18.4 Å². The number of para-hydroxylation sites is 1. The number of carbonyl (C=O) groups excluding carboxylic acids is 1. The van der Waals surface area contributed by atoms with Crippen LogP contribution in [-0.2, 0) is 0 Å². The average molecular weight is 538 g/mol. The van der Waals surface area contributed by atoms with Crippen LogP contribution in [0.2, 0.25) is 0 Å². The highest BCUT2D eigenvalue weighted by Gasteiger charge is 2.31. The number of aromatic nitrogens is 2. The van der Waals surface area contributed by atoms with Gasteiger partial charge in [-0.1, -0.05) is 19.9 Å². The van der Waals surface area contributed by atoms with Gasteiger partial charge < -0.3 is 21.7 Å². The number of amides is 1. The Balaban J connectivity index is 1.77. The second-order valence-corrected chi connectivity index (χ2v) is 10.4. The van der Waals surface area contributed by atoms with Gasteiger partial charge >= 0.3 is 0 Å². The molecule has 9 nitrogen and oxygen atoms in total. The summed E-state index contributed by atoms with van der Waals surface area (Å²) in [7, 11) is 0. The monoisotopic (exact) mass is 537 g/mol. The van der Waals surface area contributed by atoms with Crippen molar-refractivity contribution in [1.82, 2.24) is 9.78 Å². The van der Waals surface area contributed by atoms with Gasteiger partial charge in [0.2, 0.25) is 0 Å². The van der Waals surface area contributed by atoms with Crippen molar-refractivity contribution < 1.29 is 13.6 Å². The normalized spacial score (nSPS) is 17.7. The molecule has 206 valence electrons. The molecule has 1 aliphatic rings. The van der Waals surface area contributed by atoms with Gasteiger partial charge in [0.25, 0.3) is 11.5 Å². The zero-order chi connectivity index (χ0) is 28.5. The number of benzene rings is 2. The maximum absolute atomic E-state index is 14.4. The number of nitrogens with zero attached hydrogens (tertiary/aromatic N) is 4. The van der Waals surface area contributed by atoms with Crippen molar-refractivity contribution in [3.05, 3.63) is 75.7 Å². The molecular formula is C28H33F2N7O2. The van der Waals surface area contributed by atoms with Crippen LogP contribution >= 0.6 is 0 Å². The first-order chi connectivity index (χ1) is 18.4. The quantitative estimate of drug-likeness (QED) is 0.311. The average Bonchev–Trinajstić information content (AvgIpc) is 3.22. The topological polar surface area (TPSA) is 132 Å². The van der Waals surface area contributed by atoms with Gasteiger partial charge in [-0.15, -0.1) is 0 Å². The summed E-state index contributed by atoms with van der Waals surface area (Å²) in [6.45, 7) is 9.30. The fourth-order valence-corrected chi connectivity index (χ4v) is 4.28. The molecule has 2 aromatic carbocycles. The van der Waals surface area contributed by atoms with Gasteiger partial charge in [-0.3, -0.25) is 14.6 Å². The predicted molar refractivity (Wildman–Crippen MR) is 150 cm³/mol. The Bertz CT molecular complexity index is 1450. The molecule has 2 heterocycles. The lowest BCUT2D eigenvalue weighted by atomic mass is 10.0. The first-order valence-corrected chi connectivity index (χ1v) is 12.8. The SMILES string of the molecule is CCC(C)(C)N=Cc1c(N)ccc(NC(=O)c2ccc(=O)n(-c3c(F)cccc3F)n2)c1N1C[C@H](C)[C@@H](N)C1. The van der Waals surface area contributed by atoms with Gasteiger partial charge in [0.1, 0.15) is 11.4 Å². The van der Waals surface area contributed by atoms with Gasteiger partial charge in [-0.25, -0.2) is 8.78 Å². The van der Waals surface area contributed by atoms with Crippen LogP contribution in [0.4, 0.5) is 25.8 Å². The molecule has 3 aromatic rings. The molecule has 0 saturated carbocycles. The molecule has 1 fully saturated rings. The van der Waals surface area contributed by atoms with Crippen LogP contribution in [0.15, 0.2) is 52.3 Å². The smallest absolute Gasteiger partial charge is 0.276 e. The van der Waals surface area contributed by atoms with E-state index in [1.807, 2.05) is 20.8 Å². The van der Waals surface area contributed by atoms with Gasteiger partial charge in [0.05, 0.1) is 16.9 Å². The lowest BCUT2D eigenvalue weighted by Crippen LogP contribution is -2.30. The minimum absolute atomic E-state index is 0.0762. The first kappa shape index (κ1) is 27.9. The van der Waals surface area contributed by atoms with Crippen molar-refractivity contribution >= 4 is 29.2 Å². The largest absolute Gasteiger partial charge is 0.398 e. The molecule has 0 spiro atoms. The van der Waals surface area contributed by atoms with Crippen molar-refractivity contribution in [2.45, 2.75) is 45.7 Å². The summed E-state index contributed by atoms with van der Waals surface area (Å²) in [5, 5.41) is 6.79. The maximum Gasteiger partial charge on any atom is 0.276 e. The Morgan fingerprint density at radius 3 is 2.46 bits per heavy atom. The van der Waals surface area contributed by atoms with Crippen molar-refractivity contribution in [3.8, 4) is 5.69 Å². The van der Waals surface area contributed by atoms with Gasteiger partial charge in [-0.2, -0.15) is 9.78 Å². The third-order valence-electron chi connectivity index (χ3n) is 7.08. The van der Waals surface area contributed by atoms with E-state index in [-0.39, 0.29) is 23.2 Å². The summed E-state index contributed by atoms with van der Waals surface area (Å²) >= 11 is 0. The Hall–Kier alpha value is -4.12. The lowest BCUT2D eigenvalue weighted by Gasteiger charge is -2.26. The Kier molecular flexibility index (Phi) is 7.82. The van der Waals surface area contributed by atoms with E-state index in [0.29, 0.717) is 40.4 Å². The van der Waals surface area contributed by atoms with Crippen LogP contribution in [0.3, 0.4) is 0 Å². The number of rotatable bonds is 7. The van der Waals surface area contributed by atoms with Crippen LogP contribution < -0.4 is 27.2 Å². The standard InChI is InChI=1S/C28H33F2N7O2/c1-5-28(3,4)33-13-17-20(31)9-10-22(25(17)36-14-16(2)21(32)15-36)34-27(39)23-11-12-24(38)37(35-23)26-18(29)7-6-8-19(26)30/h6-13,16,21H,5,14-15,31-32H2,1-4H3,(H,34,39)/t16-,21-/m0/s1. The predicted octanol–water partition coefficient (Wildman–Crippen LogP) is 3.74. The van der Waals surface area contributed by atoms with Crippen LogP contribution in [-0.4, -0.2) is 46.6 Å². The number of carbonyl (C=O) groups is 1. The summed E-state index contributed by atoms with van der Waals surface area (Å²) in [5.41, 5.74) is 12.9. The second-order valence-electron chi connectivity index (χ2n) is 10.4. The van der Waals surface area contributed by atoms with Crippen molar-refractivity contribution in [2.24, 2.45) is 16.6 Å². The molecule has 1 saturated heterocycles. The number of anilines is 3. The molecule has 4 rings (SSSR count). The first-order valence-electron chi connectivity index (χ1n) is 12.8. The highest BCUT2D eigenvalue weighted by molar-refractivity contribution is 6.08. The molecule has 39 heavy (non-hydrogen) atoms. The highest BCUT2D eigenvalue weighted by atomic mass is 19.1. The number of nitrogens with two attached hydrogens (primary N) is 2. The number of hydrogen-bond donors (Lipinski definition) is 3. The fourth-order valence-electron chi connectivity index (χ4n) is 4.28. The highest BCUT2D eigenvalue weighted by Crippen LogP contribution is 2.37. The van der Waals surface area contributed by atoms with E-state index in [1.54, 1.807) is 18.3 Å². The van der Waals surface area contributed by atoms with Crippen molar-refractivity contribution in [2.75, 3.05) is 29.0 Å². The van der Waals surface area contributed by atoms with E-state index in [4.69, 9.17) is 16.5 Å². The lowest BCUT2D eigenvalue weighted by molar-refractivity contribution is 0.102. The molecular weight excluding hydrogens is 504 g/mol. The minimum atomic E-state index is -0.985. The molecule has 1 aliphatic heterocycles. The molecule has 5 N–H and O–H groups in total. The van der Waals surface area contributed by atoms with E-state index >= 15 is 0 Å². The van der Waals surface area contributed by atoms with E-state index in [1.165, 1.54) is 12.1 Å². The van der Waals surface area contributed by atoms with Crippen molar-refractivity contribution in [3.63, 3.8) is 0 Å². The summed E-state index contributed by atoms with van der Waals surface area (Å²) in [5.74, 6) is -2.45. The van der Waals surface area contributed by atoms with Crippen LogP contribution in [0.25, 0.3) is 5.69 Å².